The maximum atomic E-state index is 14.0. The number of phenolic OH excluding ortho intramolecular Hbond substituents is 1. The number of hydrogen-bond donors (Lipinski definition) is 4. The van der Waals surface area contributed by atoms with Crippen molar-refractivity contribution in [3.05, 3.63) is 73.1 Å². The van der Waals surface area contributed by atoms with Crippen molar-refractivity contribution in [1.29, 1.82) is 0 Å². The van der Waals surface area contributed by atoms with Crippen LogP contribution in [0, 0.1) is 11.7 Å². The van der Waals surface area contributed by atoms with Crippen molar-refractivity contribution >= 4 is 33.5 Å². The molecule has 7 rings (SSSR count). The van der Waals surface area contributed by atoms with Gasteiger partial charge in [-0.05, 0) is 60.4 Å². The first-order valence-corrected chi connectivity index (χ1v) is 12.1. The van der Waals surface area contributed by atoms with Gasteiger partial charge in [0, 0.05) is 40.7 Å². The van der Waals surface area contributed by atoms with Crippen molar-refractivity contribution in [3.8, 4) is 39.5 Å². The summed E-state index contributed by atoms with van der Waals surface area (Å²) in [6.07, 6.45) is 8.52. The van der Waals surface area contributed by atoms with Gasteiger partial charge in [0.25, 0.3) is 0 Å². The highest BCUT2D eigenvalue weighted by Crippen LogP contribution is 2.35. The van der Waals surface area contributed by atoms with Crippen LogP contribution in [0.15, 0.2) is 67.3 Å². The number of nitrogens with one attached hydrogen (secondary N) is 3. The first-order valence-electron chi connectivity index (χ1n) is 12.1. The van der Waals surface area contributed by atoms with Gasteiger partial charge in [-0.2, -0.15) is 5.10 Å². The minimum absolute atomic E-state index is 0.0183. The molecule has 0 saturated heterocycles. The smallest absolute Gasteiger partial charge is 0.227 e. The molecule has 0 spiro atoms. The second-order valence-electron chi connectivity index (χ2n) is 9.42. The summed E-state index contributed by atoms with van der Waals surface area (Å²) in [5.74, 6) is -0.557. The van der Waals surface area contributed by atoms with Crippen LogP contribution in [0.4, 0.5) is 10.1 Å². The Morgan fingerprint density at radius 2 is 1.89 bits per heavy atom. The molecule has 0 aliphatic heterocycles. The number of phenols is 1. The maximum Gasteiger partial charge on any atom is 0.227 e. The Morgan fingerprint density at radius 3 is 2.74 bits per heavy atom. The van der Waals surface area contributed by atoms with Crippen molar-refractivity contribution in [2.24, 2.45) is 5.92 Å². The first kappa shape index (κ1) is 22.1. The van der Waals surface area contributed by atoms with E-state index in [0.29, 0.717) is 34.0 Å². The van der Waals surface area contributed by atoms with Crippen LogP contribution in [-0.4, -0.2) is 41.1 Å². The van der Waals surface area contributed by atoms with Crippen molar-refractivity contribution in [3.63, 3.8) is 0 Å². The third-order valence-corrected chi connectivity index (χ3v) is 6.68. The monoisotopic (exact) mass is 505 g/mol. The minimum Gasteiger partial charge on any atom is -0.508 e. The summed E-state index contributed by atoms with van der Waals surface area (Å²) in [5.41, 5.74) is 6.08. The molecule has 6 aromatic rings. The molecule has 1 fully saturated rings. The summed E-state index contributed by atoms with van der Waals surface area (Å²) in [5, 5.41) is 22.0. The molecule has 1 aliphatic carbocycles. The van der Waals surface area contributed by atoms with Crippen molar-refractivity contribution in [1.82, 2.24) is 30.1 Å². The summed E-state index contributed by atoms with van der Waals surface area (Å²) < 4.78 is 14.0. The zero-order valence-corrected chi connectivity index (χ0v) is 19.9. The second kappa shape index (κ2) is 8.48. The lowest BCUT2D eigenvalue weighted by Gasteiger charge is -2.06. The van der Waals surface area contributed by atoms with E-state index in [1.165, 1.54) is 12.1 Å². The van der Waals surface area contributed by atoms with Gasteiger partial charge in [-0.3, -0.25) is 19.9 Å². The normalized spacial score (nSPS) is 13.3. The van der Waals surface area contributed by atoms with Crippen LogP contribution in [0.25, 0.3) is 55.7 Å². The number of aromatic amines is 2. The highest BCUT2D eigenvalue weighted by Gasteiger charge is 2.29. The molecule has 0 unspecified atom stereocenters. The Bertz CT molecular complexity index is 1850. The van der Waals surface area contributed by atoms with Gasteiger partial charge in [-0.15, -0.1) is 0 Å². The lowest BCUT2D eigenvalue weighted by molar-refractivity contribution is -0.117. The highest BCUT2D eigenvalue weighted by molar-refractivity contribution is 6.00. The Morgan fingerprint density at radius 1 is 1.00 bits per heavy atom. The molecule has 186 valence electrons. The summed E-state index contributed by atoms with van der Waals surface area (Å²) in [6, 6.07) is 11.4. The largest absolute Gasteiger partial charge is 0.508 e. The number of aromatic hydroxyl groups is 1. The summed E-state index contributed by atoms with van der Waals surface area (Å²) in [6.45, 7) is 0. The van der Waals surface area contributed by atoms with E-state index in [4.69, 9.17) is 0 Å². The molecule has 5 aromatic heterocycles. The number of aromatic nitrogens is 6. The molecule has 1 aromatic carbocycles. The van der Waals surface area contributed by atoms with E-state index in [0.717, 1.165) is 46.3 Å². The van der Waals surface area contributed by atoms with Crippen LogP contribution < -0.4 is 5.32 Å². The van der Waals surface area contributed by atoms with E-state index >= 15 is 0 Å². The average molecular weight is 506 g/mol. The van der Waals surface area contributed by atoms with Crippen LogP contribution >= 0.6 is 0 Å². The highest BCUT2D eigenvalue weighted by atomic mass is 19.1. The molecule has 1 amide bonds. The molecule has 38 heavy (non-hydrogen) atoms. The van der Waals surface area contributed by atoms with Gasteiger partial charge < -0.3 is 15.4 Å². The number of nitrogens with zero attached hydrogens (tertiary/aromatic N) is 4. The lowest BCUT2D eigenvalue weighted by Crippen LogP contribution is -2.13. The topological polar surface area (TPSA) is 132 Å². The maximum absolute atomic E-state index is 14.0. The van der Waals surface area contributed by atoms with Gasteiger partial charge in [-0.25, -0.2) is 9.37 Å². The minimum atomic E-state index is -0.523. The van der Waals surface area contributed by atoms with Crippen LogP contribution in [0.3, 0.4) is 0 Å². The van der Waals surface area contributed by atoms with Crippen molar-refractivity contribution < 1.29 is 14.3 Å². The number of hydrogen-bond acceptors (Lipinski definition) is 6. The van der Waals surface area contributed by atoms with Crippen molar-refractivity contribution in [2.75, 3.05) is 5.32 Å². The summed E-state index contributed by atoms with van der Waals surface area (Å²) in [4.78, 5) is 28.8. The van der Waals surface area contributed by atoms with E-state index in [2.05, 4.69) is 35.5 Å². The molecule has 9 nitrogen and oxygen atoms in total. The fourth-order valence-electron chi connectivity index (χ4n) is 4.65. The van der Waals surface area contributed by atoms with Crippen LogP contribution in [-0.2, 0) is 4.79 Å². The molecule has 5 heterocycles. The zero-order chi connectivity index (χ0) is 25.8. The number of carbonyl (C=O) groups excluding carboxylic acids is 1. The number of halogens is 1. The van der Waals surface area contributed by atoms with E-state index < -0.39 is 5.82 Å². The lowest BCUT2D eigenvalue weighted by atomic mass is 10.0. The molecule has 0 bridgehead atoms. The number of rotatable bonds is 5. The van der Waals surface area contributed by atoms with Gasteiger partial charge in [0.1, 0.15) is 22.9 Å². The van der Waals surface area contributed by atoms with Crippen LogP contribution in [0.2, 0.25) is 0 Å². The number of H-pyrrole nitrogens is 2. The SMILES string of the molecule is O=C(Nc1cncc(-c2cc3c(-c4cc5c(-c6cc(O)cc(F)c6)ccnc5[nH]4)n[nH]c3cn2)c1)C1CC1. The van der Waals surface area contributed by atoms with Gasteiger partial charge in [-0.1, -0.05) is 0 Å². The molecule has 10 heteroatoms. The number of carbonyl (C=O) groups is 1. The van der Waals surface area contributed by atoms with Gasteiger partial charge in [0.15, 0.2) is 0 Å². The van der Waals surface area contributed by atoms with Gasteiger partial charge in [0.2, 0.25) is 5.91 Å². The van der Waals surface area contributed by atoms with E-state index in [1.807, 2.05) is 18.2 Å². The zero-order valence-electron chi connectivity index (χ0n) is 19.9. The number of pyridine rings is 3. The Hall–Kier alpha value is -5.12. The average Bonchev–Trinajstić information content (AvgIpc) is 3.54. The van der Waals surface area contributed by atoms with Crippen molar-refractivity contribution in [2.45, 2.75) is 12.8 Å². The van der Waals surface area contributed by atoms with Crippen LogP contribution in [0.5, 0.6) is 5.75 Å². The fourth-order valence-corrected chi connectivity index (χ4v) is 4.65. The van der Waals surface area contributed by atoms with E-state index in [1.54, 1.807) is 30.9 Å². The summed E-state index contributed by atoms with van der Waals surface area (Å²) in [7, 11) is 0. The third kappa shape index (κ3) is 3.92. The van der Waals surface area contributed by atoms with Crippen LogP contribution in [0.1, 0.15) is 12.8 Å². The van der Waals surface area contributed by atoms with Gasteiger partial charge in [0.05, 0.1) is 35.0 Å². The third-order valence-electron chi connectivity index (χ3n) is 6.68. The Balaban J connectivity index is 1.29. The Labute approximate surface area is 214 Å². The molecule has 4 N–H and O–H groups in total. The number of anilines is 1. The molecular weight excluding hydrogens is 485 g/mol. The fraction of sp³-hybridized carbons (Fsp3) is 0.107. The predicted octanol–water partition coefficient (Wildman–Crippen LogP) is 5.42. The quantitative estimate of drug-likeness (QED) is 0.247. The molecular formula is C28H20FN7O2. The molecule has 1 saturated carbocycles. The molecule has 1 aliphatic rings. The molecule has 0 radical (unpaired) electrons. The number of fused-ring (bicyclic) bond motifs is 2. The van der Waals surface area contributed by atoms with Gasteiger partial charge >= 0.3 is 0 Å². The first-order chi connectivity index (χ1) is 18.5. The summed E-state index contributed by atoms with van der Waals surface area (Å²) >= 11 is 0. The predicted molar refractivity (Wildman–Crippen MR) is 141 cm³/mol. The van der Waals surface area contributed by atoms with E-state index in [9.17, 15) is 14.3 Å². The number of benzene rings is 1. The van der Waals surface area contributed by atoms with E-state index in [-0.39, 0.29) is 17.6 Å². The molecule has 0 atom stereocenters. The number of amides is 1. The standard InChI is InChI=1S/C28H20FN7O2/c29-17-5-15(7-19(37)8-17)20-3-4-31-27-21(20)9-24(34-27)26-22-10-23(32-13-25(22)35-36-26)16-6-18(12-30-11-16)33-28(38)14-1-2-14/h3-14,37H,1-2H2,(H,31,34)(H,33,38)(H,35,36). The second-order valence-corrected chi connectivity index (χ2v) is 9.42. The Kier molecular flexibility index (Phi) is 4.93.